The number of alkyl halides is 1. The lowest BCUT2D eigenvalue weighted by Gasteiger charge is -2.44. The molecule has 2 aromatic rings. The van der Waals surface area contributed by atoms with Gasteiger partial charge in [0.1, 0.15) is 36.3 Å². The number of ether oxygens (including phenoxy) is 4. The number of esters is 1. The molecule has 318 valence electrons. The van der Waals surface area contributed by atoms with E-state index in [1.165, 1.54) is 24.8 Å². The van der Waals surface area contributed by atoms with Gasteiger partial charge in [-0.3, -0.25) is 19.4 Å². The summed E-state index contributed by atoms with van der Waals surface area (Å²) in [6.07, 6.45) is -3.75. The van der Waals surface area contributed by atoms with E-state index in [4.69, 9.17) is 23.8 Å². The normalized spacial score (nSPS) is 36.4. The Hall–Kier alpha value is -4.41. The van der Waals surface area contributed by atoms with Crippen LogP contribution in [0.2, 0.25) is 0 Å². The molecule has 0 unspecified atom stereocenters. The number of hydrogen-bond donors (Lipinski definition) is 1. The number of nitrogens with zero attached hydrogens (tertiary/aromatic N) is 7. The van der Waals surface area contributed by atoms with Gasteiger partial charge in [-0.1, -0.05) is 46.5 Å². The number of aryl methyl sites for hydroxylation is 1. The first-order chi connectivity index (χ1) is 27.2. The first-order valence-corrected chi connectivity index (χ1v) is 19.7. The number of halogens is 1. The van der Waals surface area contributed by atoms with E-state index in [0.717, 1.165) is 12.0 Å². The molecule has 18 heteroatoms. The van der Waals surface area contributed by atoms with Crippen LogP contribution in [-0.4, -0.2) is 139 Å². The molecule has 3 aliphatic heterocycles. The molecule has 2 aromatic heterocycles. The quantitative estimate of drug-likeness (QED) is 0.243. The van der Waals surface area contributed by atoms with Crippen molar-refractivity contribution in [3.05, 3.63) is 23.9 Å². The van der Waals surface area contributed by atoms with Crippen LogP contribution in [0.25, 0.3) is 11.5 Å². The second-order valence-electron chi connectivity index (χ2n) is 16.4. The Labute approximate surface area is 338 Å². The molecule has 0 bridgehead atoms. The van der Waals surface area contributed by atoms with Crippen molar-refractivity contribution in [3.63, 3.8) is 0 Å². The molecule has 3 fully saturated rings. The van der Waals surface area contributed by atoms with E-state index in [1.807, 2.05) is 25.9 Å². The summed E-state index contributed by atoms with van der Waals surface area (Å²) in [6, 6.07) is 1.89. The van der Waals surface area contributed by atoms with Crippen molar-refractivity contribution < 1.29 is 52.5 Å². The number of amides is 1. The number of pyridine rings is 1. The SMILES string of the molecule is CC[C@H]1OC(=O)[C@@](C)(F)C(=O)[C@H](C)[C@H](O[C@@H]2O[C@H](C)C[C@H](N(C)C)[C@H]2O)[C@@H](C)C[C@@H](C)C(=O)[C@H](C)[C@H]2N(OCC#Cc3ccc(-c4nnn(C)n4)nc3)C(=O)O[C@]12C. The van der Waals surface area contributed by atoms with E-state index in [9.17, 15) is 24.3 Å². The zero-order chi connectivity index (χ0) is 42.9. The van der Waals surface area contributed by atoms with Crippen LogP contribution < -0.4 is 0 Å². The maximum atomic E-state index is 16.7. The number of hydrogen-bond acceptors (Lipinski definition) is 15. The number of carbonyl (C=O) groups excluding carboxylic acids is 4. The van der Waals surface area contributed by atoms with Crippen LogP contribution in [-0.2, 0) is 45.2 Å². The molecule has 1 N–H and O–H groups in total. The van der Waals surface area contributed by atoms with Crippen molar-refractivity contribution >= 4 is 23.6 Å². The van der Waals surface area contributed by atoms with Crippen molar-refractivity contribution in [3.8, 4) is 23.4 Å². The molecular formula is C40H56FN7O10. The number of aromatic nitrogens is 5. The van der Waals surface area contributed by atoms with Crippen LogP contribution in [0.1, 0.15) is 80.2 Å². The maximum Gasteiger partial charge on any atom is 0.435 e. The Kier molecular flexibility index (Phi) is 13.7. The minimum Gasteiger partial charge on any atom is -0.455 e. The van der Waals surface area contributed by atoms with Crippen molar-refractivity contribution in [2.24, 2.45) is 30.7 Å². The van der Waals surface area contributed by atoms with E-state index in [0.29, 0.717) is 23.5 Å². The predicted molar refractivity (Wildman–Crippen MR) is 204 cm³/mol. The number of aliphatic hydroxyl groups excluding tert-OH is 1. The number of ketones is 2. The maximum absolute atomic E-state index is 16.7. The average molecular weight is 814 g/mol. The Morgan fingerprint density at radius 3 is 2.38 bits per heavy atom. The van der Waals surface area contributed by atoms with Gasteiger partial charge >= 0.3 is 12.1 Å². The third-order valence-corrected chi connectivity index (χ3v) is 11.6. The summed E-state index contributed by atoms with van der Waals surface area (Å²) in [5.74, 6) is -0.253. The molecular weight excluding hydrogens is 757 g/mol. The Balaban J connectivity index is 1.44. The number of tetrazole rings is 1. The smallest absolute Gasteiger partial charge is 0.435 e. The van der Waals surface area contributed by atoms with Crippen LogP contribution in [0.4, 0.5) is 9.18 Å². The summed E-state index contributed by atoms with van der Waals surface area (Å²) in [6.45, 7) is 12.1. The molecule has 0 aromatic carbocycles. The number of likely N-dealkylation sites (N-methyl/N-ethyl adjacent to an activating group) is 1. The Bertz CT molecular complexity index is 1880. The van der Waals surface area contributed by atoms with Gasteiger partial charge in [0.25, 0.3) is 5.67 Å². The lowest BCUT2D eigenvalue weighted by Crippen LogP contribution is -2.59. The number of rotatable bonds is 7. The molecule has 0 saturated carbocycles. The monoisotopic (exact) mass is 813 g/mol. The first-order valence-electron chi connectivity index (χ1n) is 19.7. The molecule has 17 nitrogen and oxygen atoms in total. The van der Waals surface area contributed by atoms with E-state index in [2.05, 4.69) is 32.2 Å². The topological polar surface area (TPSA) is 198 Å². The van der Waals surface area contributed by atoms with Crippen LogP contribution in [0.3, 0.4) is 0 Å². The summed E-state index contributed by atoms with van der Waals surface area (Å²) < 4.78 is 40.7. The lowest BCUT2D eigenvalue weighted by molar-refractivity contribution is -0.278. The molecule has 13 atom stereocenters. The number of aliphatic hydroxyl groups is 1. The minimum absolute atomic E-state index is 0.0218. The average Bonchev–Trinajstić information content (AvgIpc) is 3.72. The fourth-order valence-corrected chi connectivity index (χ4v) is 8.44. The predicted octanol–water partition coefficient (Wildman–Crippen LogP) is 3.08. The third kappa shape index (κ3) is 9.08. The molecule has 0 radical (unpaired) electrons. The molecule has 3 aliphatic rings. The number of Topliss-reactive ketones (excluding diaryl/α,β-unsaturated/α-hetero) is 2. The Morgan fingerprint density at radius 1 is 1.07 bits per heavy atom. The number of cyclic esters (lactones) is 1. The number of fused-ring (bicyclic) bond motifs is 1. The standard InChI is InChI=1S/C40H56FN7O10/c1-12-29-40(8)33(48(38(53)58-40)54-17-13-14-26-15-16-27(42-20-26)35-43-45-47(11)44-35)24(5)30(49)21(2)18-22(3)32(25(6)34(51)39(7,41)37(52)56-29)57-36-31(50)28(46(9)10)19-23(4)55-36/h15-16,20-25,28-29,31-33,36,50H,12,17-19H2,1-11H3/t21-,22+,23-,24+,25-,28+,29-,31-,32-,33-,36+,39+,40-/m1/s1. The molecule has 5 rings (SSSR count). The lowest BCUT2D eigenvalue weighted by atomic mass is 9.74. The highest BCUT2D eigenvalue weighted by molar-refractivity contribution is 6.07. The fraction of sp³-hybridized carbons (Fsp3) is 0.700. The van der Waals surface area contributed by atoms with Gasteiger partial charge in [0.05, 0.1) is 19.3 Å². The van der Waals surface area contributed by atoms with E-state index >= 15 is 4.39 Å². The van der Waals surface area contributed by atoms with Gasteiger partial charge in [0.15, 0.2) is 17.7 Å². The second-order valence-corrected chi connectivity index (χ2v) is 16.4. The van der Waals surface area contributed by atoms with Gasteiger partial charge in [-0.25, -0.2) is 14.0 Å². The largest absolute Gasteiger partial charge is 0.455 e. The summed E-state index contributed by atoms with van der Waals surface area (Å²) in [7, 11) is 5.29. The summed E-state index contributed by atoms with van der Waals surface area (Å²) in [4.78, 5) is 69.2. The minimum atomic E-state index is -3.16. The highest BCUT2D eigenvalue weighted by Gasteiger charge is 2.62. The van der Waals surface area contributed by atoms with Crippen molar-refractivity contribution in [1.29, 1.82) is 0 Å². The summed E-state index contributed by atoms with van der Waals surface area (Å²) in [5, 5.41) is 24.1. The third-order valence-electron chi connectivity index (χ3n) is 11.6. The zero-order valence-corrected chi connectivity index (χ0v) is 35.0. The van der Waals surface area contributed by atoms with E-state index < -0.39 is 83.4 Å². The molecule has 1 amide bonds. The summed E-state index contributed by atoms with van der Waals surface area (Å²) in [5.41, 5.74) is -3.85. The van der Waals surface area contributed by atoms with Crippen molar-refractivity contribution in [2.45, 2.75) is 129 Å². The van der Waals surface area contributed by atoms with Gasteiger partial charge < -0.3 is 29.0 Å². The van der Waals surface area contributed by atoms with Crippen LogP contribution in [0, 0.1) is 35.5 Å². The van der Waals surface area contributed by atoms with Gasteiger partial charge in [0.2, 0.25) is 5.82 Å². The van der Waals surface area contributed by atoms with Crippen LogP contribution in [0.5, 0.6) is 0 Å². The van der Waals surface area contributed by atoms with Crippen molar-refractivity contribution in [2.75, 3.05) is 20.7 Å². The highest BCUT2D eigenvalue weighted by Crippen LogP contribution is 2.42. The van der Waals surface area contributed by atoms with Crippen LogP contribution >= 0.6 is 0 Å². The van der Waals surface area contributed by atoms with Gasteiger partial charge in [-0.2, -0.15) is 9.86 Å². The van der Waals surface area contributed by atoms with Gasteiger partial charge in [-0.15, -0.1) is 10.2 Å². The second kappa shape index (κ2) is 17.8. The molecule has 58 heavy (non-hydrogen) atoms. The molecule has 3 saturated heterocycles. The molecule has 0 aliphatic carbocycles. The van der Waals surface area contributed by atoms with Gasteiger partial charge in [0, 0.05) is 35.6 Å². The number of carbonyl (C=O) groups is 4. The van der Waals surface area contributed by atoms with Crippen LogP contribution in [0.15, 0.2) is 18.3 Å². The first kappa shape index (κ1) is 44.7. The molecule has 5 heterocycles. The summed E-state index contributed by atoms with van der Waals surface area (Å²) >= 11 is 0. The number of hydroxylamine groups is 2. The molecule has 0 spiro atoms. The van der Waals surface area contributed by atoms with E-state index in [-0.39, 0.29) is 37.4 Å². The van der Waals surface area contributed by atoms with Gasteiger partial charge in [-0.05, 0) is 77.4 Å². The van der Waals surface area contributed by atoms with E-state index in [1.54, 1.807) is 46.9 Å². The fourth-order valence-electron chi connectivity index (χ4n) is 8.44. The Morgan fingerprint density at radius 2 is 1.78 bits per heavy atom. The zero-order valence-electron chi connectivity index (χ0n) is 35.0. The van der Waals surface area contributed by atoms with Crippen molar-refractivity contribution in [1.82, 2.24) is 35.2 Å². The highest BCUT2D eigenvalue weighted by atomic mass is 19.1.